The lowest BCUT2D eigenvalue weighted by atomic mass is 9.94. The van der Waals surface area contributed by atoms with Gasteiger partial charge in [-0.05, 0) is 42.7 Å². The Morgan fingerprint density at radius 3 is 2.06 bits per heavy atom. The van der Waals surface area contributed by atoms with E-state index in [1.165, 1.54) is 0 Å². The molecule has 1 aliphatic rings. The maximum absolute atomic E-state index is 13.4. The van der Waals surface area contributed by atoms with Gasteiger partial charge in [-0.15, -0.1) is 0 Å². The van der Waals surface area contributed by atoms with Crippen molar-refractivity contribution in [1.82, 2.24) is 19.9 Å². The van der Waals surface area contributed by atoms with Crippen LogP contribution < -0.4 is 9.80 Å². The van der Waals surface area contributed by atoms with E-state index in [1.54, 1.807) is 16.8 Å². The second-order valence-electron chi connectivity index (χ2n) is 11.2. The Hall–Kier alpha value is -2.90. The van der Waals surface area contributed by atoms with E-state index < -0.39 is 5.41 Å². The molecule has 2 heterocycles. The van der Waals surface area contributed by atoms with Gasteiger partial charge < -0.3 is 0 Å². The van der Waals surface area contributed by atoms with Crippen LogP contribution in [-0.2, 0) is 16.0 Å². The second kappa shape index (κ2) is 10.4. The average molecular weight is 481 g/mol. The molecule has 0 spiro atoms. The highest BCUT2D eigenvalue weighted by molar-refractivity contribution is 5.95. The van der Waals surface area contributed by atoms with Crippen molar-refractivity contribution in [2.75, 3.05) is 23.4 Å². The number of nitrogens with zero attached hydrogens (tertiary/aromatic N) is 6. The molecule has 2 aromatic rings. The predicted octanol–water partition coefficient (Wildman–Crippen LogP) is 4.82. The van der Waals surface area contributed by atoms with Gasteiger partial charge in [0.15, 0.2) is 0 Å². The quantitative estimate of drug-likeness (QED) is 0.538. The maximum atomic E-state index is 13.4. The molecular formula is C27H40N6O2. The second-order valence-corrected chi connectivity index (χ2v) is 11.2. The largest absolute Gasteiger partial charge is 0.284 e. The summed E-state index contributed by atoms with van der Waals surface area (Å²) in [6.45, 7) is 16.4. The number of amides is 2. The number of hydrogen-bond donors (Lipinski definition) is 0. The molecule has 1 saturated carbocycles. The molecule has 2 aromatic heterocycles. The minimum atomic E-state index is -0.595. The fraction of sp³-hybridized carbons (Fsp3) is 0.630. The van der Waals surface area contributed by atoms with Gasteiger partial charge in [0.2, 0.25) is 23.7 Å². The lowest BCUT2D eigenvalue weighted by Crippen LogP contribution is -2.42. The zero-order valence-electron chi connectivity index (χ0n) is 22.7. The van der Waals surface area contributed by atoms with Crippen LogP contribution in [0.1, 0.15) is 95.7 Å². The van der Waals surface area contributed by atoms with E-state index in [4.69, 9.17) is 9.97 Å². The van der Waals surface area contributed by atoms with Crippen molar-refractivity contribution in [3.8, 4) is 0 Å². The molecule has 8 nitrogen and oxygen atoms in total. The number of aryl methyl sites for hydroxylation is 1. The Morgan fingerprint density at radius 1 is 0.971 bits per heavy atom. The molecule has 0 atom stereocenters. The van der Waals surface area contributed by atoms with E-state index >= 15 is 0 Å². The highest BCUT2D eigenvalue weighted by Gasteiger charge is 2.34. The standard InChI is InChI=1S/C27H40N6O2/c1-16(2)20-14-29-26(30-18(20)5)33(24(35)27(6,7)8)13-12-22-21(17(3)4)15-28-25(31-22)32(9)23(34)19-10-11-19/h14-17,19H,10-13H2,1-9H3. The van der Waals surface area contributed by atoms with Crippen molar-refractivity contribution in [3.05, 3.63) is 34.9 Å². The van der Waals surface area contributed by atoms with Crippen molar-refractivity contribution in [3.63, 3.8) is 0 Å². The van der Waals surface area contributed by atoms with Crippen LogP contribution in [0.4, 0.5) is 11.9 Å². The van der Waals surface area contributed by atoms with Crippen LogP contribution >= 0.6 is 0 Å². The van der Waals surface area contributed by atoms with Gasteiger partial charge in [0.1, 0.15) is 0 Å². The summed E-state index contributed by atoms with van der Waals surface area (Å²) in [4.78, 5) is 47.8. The number of carbonyl (C=O) groups is 2. The Labute approximate surface area is 209 Å². The molecule has 0 bridgehead atoms. The lowest BCUT2D eigenvalue weighted by molar-refractivity contribution is -0.125. The highest BCUT2D eigenvalue weighted by atomic mass is 16.2. The van der Waals surface area contributed by atoms with E-state index in [0.29, 0.717) is 30.8 Å². The lowest BCUT2D eigenvalue weighted by Gasteiger charge is -2.29. The number of rotatable bonds is 8. The van der Waals surface area contributed by atoms with Crippen molar-refractivity contribution >= 4 is 23.7 Å². The van der Waals surface area contributed by atoms with Gasteiger partial charge in [0.25, 0.3) is 0 Å². The summed E-state index contributed by atoms with van der Waals surface area (Å²) in [6, 6.07) is 0. The molecule has 0 aliphatic heterocycles. The third kappa shape index (κ3) is 6.21. The van der Waals surface area contributed by atoms with E-state index in [1.807, 2.05) is 40.1 Å². The molecule has 0 aromatic carbocycles. The Kier molecular flexibility index (Phi) is 7.92. The summed E-state index contributed by atoms with van der Waals surface area (Å²) in [5.74, 6) is 1.43. The molecular weight excluding hydrogens is 440 g/mol. The topological polar surface area (TPSA) is 92.2 Å². The SMILES string of the molecule is Cc1nc(N(CCc2nc(N(C)C(=O)C3CC3)ncc2C(C)C)C(=O)C(C)(C)C)ncc1C(C)C. The smallest absolute Gasteiger partial charge is 0.234 e. The van der Waals surface area contributed by atoms with E-state index in [2.05, 4.69) is 37.7 Å². The van der Waals surface area contributed by atoms with Gasteiger partial charge in [-0.25, -0.2) is 19.9 Å². The molecule has 8 heteroatoms. The van der Waals surface area contributed by atoms with E-state index in [0.717, 1.165) is 35.4 Å². The van der Waals surface area contributed by atoms with Crippen LogP contribution in [0.25, 0.3) is 0 Å². The van der Waals surface area contributed by atoms with Crippen molar-refractivity contribution in [1.29, 1.82) is 0 Å². The van der Waals surface area contributed by atoms with Crippen LogP contribution in [0.3, 0.4) is 0 Å². The normalized spacial score (nSPS) is 13.9. The molecule has 190 valence electrons. The Morgan fingerprint density at radius 2 is 1.54 bits per heavy atom. The van der Waals surface area contributed by atoms with Crippen LogP contribution in [-0.4, -0.2) is 45.3 Å². The number of anilines is 2. The molecule has 35 heavy (non-hydrogen) atoms. The molecule has 0 saturated heterocycles. The van der Waals surface area contributed by atoms with Gasteiger partial charge >= 0.3 is 0 Å². The van der Waals surface area contributed by atoms with Crippen LogP contribution in [0, 0.1) is 18.3 Å². The zero-order valence-corrected chi connectivity index (χ0v) is 22.7. The summed E-state index contributed by atoms with van der Waals surface area (Å²) < 4.78 is 0. The summed E-state index contributed by atoms with van der Waals surface area (Å²) in [5.41, 5.74) is 3.20. The van der Waals surface area contributed by atoms with Gasteiger partial charge in [-0.2, -0.15) is 0 Å². The fourth-order valence-electron chi connectivity index (χ4n) is 4.04. The van der Waals surface area contributed by atoms with Crippen LogP contribution in [0.15, 0.2) is 12.4 Å². The first-order valence-corrected chi connectivity index (χ1v) is 12.6. The average Bonchev–Trinajstić information content (AvgIpc) is 3.62. The minimum Gasteiger partial charge on any atom is -0.284 e. The minimum absolute atomic E-state index is 0.0457. The summed E-state index contributed by atoms with van der Waals surface area (Å²) in [6.07, 6.45) is 6.00. The Balaban J connectivity index is 1.93. The fourth-order valence-corrected chi connectivity index (χ4v) is 4.04. The Bertz CT molecular complexity index is 1090. The molecule has 0 unspecified atom stereocenters. The van der Waals surface area contributed by atoms with Crippen molar-refractivity contribution in [2.24, 2.45) is 11.3 Å². The first-order valence-electron chi connectivity index (χ1n) is 12.6. The molecule has 1 fully saturated rings. The van der Waals surface area contributed by atoms with Crippen molar-refractivity contribution < 1.29 is 9.59 Å². The van der Waals surface area contributed by atoms with Crippen LogP contribution in [0.2, 0.25) is 0 Å². The summed E-state index contributed by atoms with van der Waals surface area (Å²) >= 11 is 0. The summed E-state index contributed by atoms with van der Waals surface area (Å²) in [5, 5.41) is 0. The van der Waals surface area contributed by atoms with E-state index in [9.17, 15) is 9.59 Å². The monoisotopic (exact) mass is 480 g/mol. The molecule has 1 aliphatic carbocycles. The van der Waals surface area contributed by atoms with E-state index in [-0.39, 0.29) is 23.7 Å². The van der Waals surface area contributed by atoms with Crippen LogP contribution in [0.5, 0.6) is 0 Å². The molecule has 2 amide bonds. The van der Waals surface area contributed by atoms with Crippen molar-refractivity contribution in [2.45, 2.75) is 86.5 Å². The zero-order chi connectivity index (χ0) is 26.1. The predicted molar refractivity (Wildman–Crippen MR) is 139 cm³/mol. The third-order valence-electron chi connectivity index (χ3n) is 6.39. The maximum Gasteiger partial charge on any atom is 0.234 e. The number of carbonyl (C=O) groups excluding carboxylic acids is 2. The summed E-state index contributed by atoms with van der Waals surface area (Å²) in [7, 11) is 1.73. The molecule has 0 radical (unpaired) electrons. The third-order valence-corrected chi connectivity index (χ3v) is 6.39. The molecule has 3 rings (SSSR count). The first-order chi connectivity index (χ1) is 16.3. The van der Waals surface area contributed by atoms with Gasteiger partial charge in [0, 0.05) is 49.4 Å². The number of hydrogen-bond acceptors (Lipinski definition) is 6. The molecule has 0 N–H and O–H groups in total. The highest BCUT2D eigenvalue weighted by Crippen LogP contribution is 2.32. The van der Waals surface area contributed by atoms with Gasteiger partial charge in [-0.1, -0.05) is 48.5 Å². The first kappa shape index (κ1) is 26.7. The van der Waals surface area contributed by atoms with Gasteiger partial charge in [-0.3, -0.25) is 19.4 Å². The van der Waals surface area contributed by atoms with Gasteiger partial charge in [0.05, 0.1) is 5.69 Å². The number of aromatic nitrogens is 4.